The first kappa shape index (κ1) is 27.2. The Morgan fingerprint density at radius 3 is 2.76 bits per heavy atom. The molecule has 13 heteroatoms. The Labute approximate surface area is 234 Å². The number of rotatable bonds is 8. The van der Waals surface area contributed by atoms with Crippen molar-refractivity contribution < 1.29 is 17.9 Å². The fourth-order valence-electron chi connectivity index (χ4n) is 6.04. The molecule has 1 aliphatic heterocycles. The van der Waals surface area contributed by atoms with Gasteiger partial charge >= 0.3 is 6.18 Å². The number of H-pyrrole nitrogens is 1. The van der Waals surface area contributed by atoms with Crippen molar-refractivity contribution in [2.75, 3.05) is 20.1 Å². The number of nitrogens with one attached hydrogen (secondary N) is 2. The average Bonchev–Trinajstić information content (AvgIpc) is 3.61. The zero-order chi connectivity index (χ0) is 28.6. The van der Waals surface area contributed by atoms with Crippen LogP contribution in [0.25, 0.3) is 22.3 Å². The summed E-state index contributed by atoms with van der Waals surface area (Å²) in [5, 5.41) is 18.1. The SMILES string of the molecule is CNCc1cc(OC2CCN([C@H]3C[C@](CC#N)(n4cc(-c5ncnc6[nH]ccc56)cn4)C3)CC2)nc(C(F)(F)F)c1. The zero-order valence-corrected chi connectivity index (χ0v) is 22.5. The van der Waals surface area contributed by atoms with E-state index in [0.717, 1.165) is 54.3 Å². The van der Waals surface area contributed by atoms with Crippen LogP contribution in [0.2, 0.25) is 0 Å². The Bertz CT molecular complexity index is 1560. The topological polar surface area (TPSA) is 121 Å². The van der Waals surface area contributed by atoms with E-state index in [4.69, 9.17) is 4.74 Å². The van der Waals surface area contributed by atoms with Gasteiger partial charge in [0.2, 0.25) is 5.88 Å². The molecule has 0 amide bonds. The highest BCUT2D eigenvalue weighted by Crippen LogP contribution is 2.45. The van der Waals surface area contributed by atoms with Gasteiger partial charge in [-0.25, -0.2) is 15.0 Å². The molecule has 0 aromatic carbocycles. The van der Waals surface area contributed by atoms with Gasteiger partial charge in [0.05, 0.1) is 29.9 Å². The van der Waals surface area contributed by atoms with Gasteiger partial charge in [-0.2, -0.15) is 23.5 Å². The van der Waals surface area contributed by atoms with Gasteiger partial charge in [-0.3, -0.25) is 9.58 Å². The van der Waals surface area contributed by atoms with Crippen molar-refractivity contribution in [1.82, 2.24) is 39.9 Å². The van der Waals surface area contributed by atoms with Gasteiger partial charge in [0.1, 0.15) is 23.8 Å². The highest BCUT2D eigenvalue weighted by molar-refractivity contribution is 5.90. The third-order valence-electron chi connectivity index (χ3n) is 8.15. The number of hydrogen-bond acceptors (Lipinski definition) is 8. The molecule has 1 saturated heterocycles. The molecule has 6 rings (SSSR count). The van der Waals surface area contributed by atoms with Crippen molar-refractivity contribution in [2.24, 2.45) is 0 Å². The van der Waals surface area contributed by atoms with Gasteiger partial charge < -0.3 is 15.0 Å². The Hall–Kier alpha value is -4.02. The number of ether oxygens (including phenoxy) is 1. The molecule has 10 nitrogen and oxygen atoms in total. The van der Waals surface area contributed by atoms with Crippen LogP contribution in [0, 0.1) is 11.3 Å². The number of aromatic nitrogens is 6. The molecule has 214 valence electrons. The highest BCUT2D eigenvalue weighted by Gasteiger charge is 2.49. The third-order valence-corrected chi connectivity index (χ3v) is 8.15. The quantitative estimate of drug-likeness (QED) is 0.325. The minimum atomic E-state index is -4.54. The molecular weight excluding hydrogens is 535 g/mol. The second-order valence-electron chi connectivity index (χ2n) is 10.8. The molecule has 1 saturated carbocycles. The van der Waals surface area contributed by atoms with Crippen molar-refractivity contribution in [3.8, 4) is 23.2 Å². The standard InChI is InChI=1S/C28H30F3N9O/c1-33-14-18-10-23(28(29,30)31)38-24(11-18)41-21-3-8-39(9-4-21)20-12-27(13-20,5-6-32)40-16-19(15-37-40)25-22-2-7-34-26(22)36-17-35-25/h2,7,10-11,15-17,20-21,33H,3-5,8-9,12-14H2,1H3,(H,34,35,36)/t20-,27-. The van der Waals surface area contributed by atoms with E-state index in [-0.39, 0.29) is 17.5 Å². The fourth-order valence-corrected chi connectivity index (χ4v) is 6.04. The van der Waals surface area contributed by atoms with Gasteiger partial charge in [0, 0.05) is 55.1 Å². The predicted octanol–water partition coefficient (Wildman–Crippen LogP) is 4.27. The van der Waals surface area contributed by atoms with Crippen LogP contribution < -0.4 is 10.1 Å². The lowest BCUT2D eigenvalue weighted by Crippen LogP contribution is -2.58. The minimum Gasteiger partial charge on any atom is -0.474 e. The van der Waals surface area contributed by atoms with Gasteiger partial charge in [0.25, 0.3) is 0 Å². The predicted molar refractivity (Wildman–Crippen MR) is 144 cm³/mol. The van der Waals surface area contributed by atoms with E-state index >= 15 is 0 Å². The Morgan fingerprint density at radius 2 is 2.02 bits per heavy atom. The van der Waals surface area contributed by atoms with Gasteiger partial charge in [0.15, 0.2) is 0 Å². The number of aromatic amines is 1. The molecule has 0 spiro atoms. The number of pyridine rings is 1. The Kier molecular flexibility index (Phi) is 7.13. The lowest BCUT2D eigenvalue weighted by atomic mass is 9.69. The molecule has 2 aliphatic rings. The Morgan fingerprint density at radius 1 is 1.22 bits per heavy atom. The lowest BCUT2D eigenvalue weighted by molar-refractivity contribution is -0.141. The molecule has 4 aromatic heterocycles. The summed E-state index contributed by atoms with van der Waals surface area (Å²) in [4.78, 5) is 17.9. The number of fused-ring (bicyclic) bond motifs is 1. The number of hydrogen-bond donors (Lipinski definition) is 2. The van der Waals surface area contributed by atoms with Crippen molar-refractivity contribution in [3.63, 3.8) is 0 Å². The first-order valence-electron chi connectivity index (χ1n) is 13.6. The van der Waals surface area contributed by atoms with E-state index < -0.39 is 11.9 Å². The van der Waals surface area contributed by atoms with E-state index in [1.165, 1.54) is 6.33 Å². The van der Waals surface area contributed by atoms with Crippen LogP contribution >= 0.6 is 0 Å². The summed E-state index contributed by atoms with van der Waals surface area (Å²) in [6.45, 7) is 1.81. The van der Waals surface area contributed by atoms with Crippen LogP contribution in [-0.4, -0.2) is 66.9 Å². The molecule has 0 bridgehead atoms. The summed E-state index contributed by atoms with van der Waals surface area (Å²) in [6.07, 6.45) is 5.66. The van der Waals surface area contributed by atoms with E-state index in [1.54, 1.807) is 19.3 Å². The first-order valence-corrected chi connectivity index (χ1v) is 13.6. The maximum atomic E-state index is 13.4. The second kappa shape index (κ2) is 10.8. The largest absolute Gasteiger partial charge is 0.474 e. The molecule has 0 atom stereocenters. The number of nitrogens with zero attached hydrogens (tertiary/aromatic N) is 7. The van der Waals surface area contributed by atoms with E-state index in [9.17, 15) is 18.4 Å². The van der Waals surface area contributed by atoms with E-state index in [1.807, 2.05) is 23.1 Å². The molecule has 2 N–H and O–H groups in total. The van der Waals surface area contributed by atoms with Crippen LogP contribution in [0.1, 0.15) is 43.4 Å². The maximum absolute atomic E-state index is 13.4. The number of halogens is 3. The van der Waals surface area contributed by atoms with Crippen LogP contribution in [0.5, 0.6) is 5.88 Å². The van der Waals surface area contributed by atoms with E-state index in [2.05, 4.69) is 41.3 Å². The number of piperidine rings is 1. The molecule has 1 aliphatic carbocycles. The first-order chi connectivity index (χ1) is 19.8. The smallest absolute Gasteiger partial charge is 0.433 e. The third kappa shape index (κ3) is 5.37. The normalized spacial score (nSPS) is 22.0. The molecule has 5 heterocycles. The fraction of sp³-hybridized carbons (Fsp3) is 0.464. The molecular formula is C28H30F3N9O. The molecule has 0 unspecified atom stereocenters. The van der Waals surface area contributed by atoms with Crippen molar-refractivity contribution in [2.45, 2.75) is 62.5 Å². The van der Waals surface area contributed by atoms with E-state index in [0.29, 0.717) is 37.4 Å². The van der Waals surface area contributed by atoms with Crippen LogP contribution in [0.4, 0.5) is 13.2 Å². The Balaban J connectivity index is 1.09. The number of likely N-dealkylation sites (tertiary alicyclic amines) is 1. The molecule has 0 radical (unpaired) electrons. The van der Waals surface area contributed by atoms with Gasteiger partial charge in [-0.15, -0.1) is 0 Å². The molecule has 41 heavy (non-hydrogen) atoms. The average molecular weight is 566 g/mol. The summed E-state index contributed by atoms with van der Waals surface area (Å²) in [7, 11) is 1.68. The van der Waals surface area contributed by atoms with Gasteiger partial charge in [-0.1, -0.05) is 0 Å². The zero-order valence-electron chi connectivity index (χ0n) is 22.5. The van der Waals surface area contributed by atoms with Crippen molar-refractivity contribution in [3.05, 3.63) is 54.4 Å². The molecule has 4 aromatic rings. The summed E-state index contributed by atoms with van der Waals surface area (Å²) in [5.41, 5.74) is 1.57. The number of alkyl halides is 3. The van der Waals surface area contributed by atoms with Crippen LogP contribution in [0.15, 0.2) is 43.1 Å². The summed E-state index contributed by atoms with van der Waals surface area (Å²) >= 11 is 0. The van der Waals surface area contributed by atoms with Gasteiger partial charge in [-0.05, 0) is 50.4 Å². The summed E-state index contributed by atoms with van der Waals surface area (Å²) in [5.74, 6) is 0.00953. The van der Waals surface area contributed by atoms with Crippen LogP contribution in [0.3, 0.4) is 0 Å². The highest BCUT2D eigenvalue weighted by atomic mass is 19.4. The monoisotopic (exact) mass is 565 g/mol. The van der Waals surface area contributed by atoms with Crippen molar-refractivity contribution in [1.29, 1.82) is 5.26 Å². The minimum absolute atomic E-state index is 0.00953. The van der Waals surface area contributed by atoms with Crippen LogP contribution in [-0.2, 0) is 18.3 Å². The molecule has 2 fully saturated rings. The lowest BCUT2D eigenvalue weighted by Gasteiger charge is -2.52. The number of nitriles is 1. The van der Waals surface area contributed by atoms with Crippen molar-refractivity contribution >= 4 is 11.0 Å². The maximum Gasteiger partial charge on any atom is 0.433 e. The summed E-state index contributed by atoms with van der Waals surface area (Å²) in [6, 6.07) is 7.20. The summed E-state index contributed by atoms with van der Waals surface area (Å²) < 4.78 is 47.9. The second-order valence-corrected chi connectivity index (χ2v) is 10.8.